The number of esters is 3. The van der Waals surface area contributed by atoms with Gasteiger partial charge < -0.3 is 14.2 Å². The summed E-state index contributed by atoms with van der Waals surface area (Å²) in [5.74, 6) is -0.903. The summed E-state index contributed by atoms with van der Waals surface area (Å²) in [4.78, 5) is 37.7. The third kappa shape index (κ3) is 41.1. The molecule has 0 bridgehead atoms. The third-order valence-corrected chi connectivity index (χ3v) is 10.2. The zero-order valence-corrected chi connectivity index (χ0v) is 36.0. The predicted octanol–water partition coefficient (Wildman–Crippen LogP) is 14.8. The largest absolute Gasteiger partial charge is 0.462 e. The average molecular weight is 761 g/mol. The minimum atomic E-state index is -0.774. The van der Waals surface area contributed by atoms with Gasteiger partial charge >= 0.3 is 17.9 Å². The van der Waals surface area contributed by atoms with Gasteiger partial charge in [-0.1, -0.05) is 186 Å². The summed E-state index contributed by atoms with van der Waals surface area (Å²) >= 11 is 0. The predicted molar refractivity (Wildman–Crippen MR) is 229 cm³/mol. The fourth-order valence-corrected chi connectivity index (χ4v) is 6.59. The van der Waals surface area contributed by atoms with Crippen molar-refractivity contribution in [1.82, 2.24) is 0 Å². The van der Waals surface area contributed by atoms with Crippen molar-refractivity contribution < 1.29 is 28.6 Å². The molecule has 0 fully saturated rings. The van der Waals surface area contributed by atoms with Crippen LogP contribution in [0.2, 0.25) is 0 Å². The molecule has 0 spiro atoms. The lowest BCUT2D eigenvalue weighted by molar-refractivity contribution is -0.167. The van der Waals surface area contributed by atoms with Gasteiger partial charge in [-0.05, 0) is 64.2 Å². The smallest absolute Gasteiger partial charge is 0.306 e. The molecule has 0 saturated carbocycles. The number of allylic oxidation sites excluding steroid dienone is 4. The van der Waals surface area contributed by atoms with Gasteiger partial charge in [-0.3, -0.25) is 14.4 Å². The molecule has 0 aromatic rings. The molecule has 0 aliphatic carbocycles. The molecule has 0 rings (SSSR count). The van der Waals surface area contributed by atoms with Crippen molar-refractivity contribution in [3.05, 3.63) is 24.3 Å². The molecular weight excluding hydrogens is 673 g/mol. The Morgan fingerprint density at radius 3 is 1.00 bits per heavy atom. The Morgan fingerprint density at radius 1 is 0.352 bits per heavy atom. The summed E-state index contributed by atoms with van der Waals surface area (Å²) in [6.45, 7) is 6.57. The van der Waals surface area contributed by atoms with Crippen molar-refractivity contribution in [2.45, 2.75) is 252 Å². The summed E-state index contributed by atoms with van der Waals surface area (Å²) < 4.78 is 16.7. The van der Waals surface area contributed by atoms with Crippen LogP contribution in [-0.2, 0) is 28.6 Å². The minimum absolute atomic E-state index is 0.0793. The second-order valence-corrected chi connectivity index (χ2v) is 15.7. The van der Waals surface area contributed by atoms with Crippen LogP contribution in [0.4, 0.5) is 0 Å². The molecule has 0 heterocycles. The number of carbonyl (C=O) groups excluding carboxylic acids is 3. The molecule has 0 saturated heterocycles. The molecule has 0 aliphatic heterocycles. The lowest BCUT2D eigenvalue weighted by Crippen LogP contribution is -2.30. The summed E-state index contributed by atoms with van der Waals surface area (Å²) in [5, 5.41) is 0. The Labute approximate surface area is 334 Å². The number of rotatable bonds is 42. The minimum Gasteiger partial charge on any atom is -0.462 e. The van der Waals surface area contributed by atoms with Crippen molar-refractivity contribution in [2.75, 3.05) is 13.2 Å². The highest BCUT2D eigenvalue weighted by atomic mass is 16.6. The van der Waals surface area contributed by atoms with E-state index in [-0.39, 0.29) is 31.1 Å². The average Bonchev–Trinajstić information content (AvgIpc) is 3.17. The second kappa shape index (κ2) is 43.6. The van der Waals surface area contributed by atoms with E-state index in [0.29, 0.717) is 19.3 Å². The van der Waals surface area contributed by atoms with E-state index in [9.17, 15) is 14.4 Å². The van der Waals surface area contributed by atoms with Gasteiger partial charge in [-0.25, -0.2) is 0 Å². The topological polar surface area (TPSA) is 78.9 Å². The van der Waals surface area contributed by atoms with Crippen LogP contribution in [0, 0.1) is 0 Å². The molecule has 6 heteroatoms. The summed E-state index contributed by atoms with van der Waals surface area (Å²) in [5.41, 5.74) is 0. The van der Waals surface area contributed by atoms with Crippen LogP contribution in [0.15, 0.2) is 24.3 Å². The molecule has 0 aromatic carbocycles. The van der Waals surface area contributed by atoms with E-state index in [2.05, 4.69) is 45.1 Å². The standard InChI is InChI=1S/C48H88O6/c1-4-7-10-13-16-19-22-24-25-27-29-32-35-38-41-47(50)53-44-45(43-52-46(49)40-37-34-31-28-21-18-15-12-9-6-3)54-48(51)42-39-36-33-30-26-23-20-17-14-11-8-5-2/h15,18,25,27,45H,4-14,16-17,19-24,26,28-44H2,1-3H3/b18-15-,27-25-. The molecule has 6 nitrogen and oxygen atoms in total. The number of hydrogen-bond acceptors (Lipinski definition) is 6. The fourth-order valence-electron chi connectivity index (χ4n) is 6.59. The molecule has 316 valence electrons. The monoisotopic (exact) mass is 761 g/mol. The molecule has 0 aromatic heterocycles. The molecule has 0 amide bonds. The van der Waals surface area contributed by atoms with Gasteiger partial charge in [0.2, 0.25) is 0 Å². The molecule has 54 heavy (non-hydrogen) atoms. The molecule has 0 N–H and O–H groups in total. The highest BCUT2D eigenvalue weighted by Crippen LogP contribution is 2.14. The first-order valence-electron chi connectivity index (χ1n) is 23.3. The molecule has 1 atom stereocenters. The lowest BCUT2D eigenvalue weighted by Gasteiger charge is -2.18. The first-order valence-corrected chi connectivity index (χ1v) is 23.3. The van der Waals surface area contributed by atoms with E-state index in [1.807, 2.05) is 0 Å². The molecule has 0 radical (unpaired) electrons. The lowest BCUT2D eigenvalue weighted by atomic mass is 10.0. The Hall–Kier alpha value is -2.11. The maximum Gasteiger partial charge on any atom is 0.306 e. The Balaban J connectivity index is 4.37. The molecule has 0 aliphatic rings. The first-order chi connectivity index (χ1) is 26.5. The second-order valence-electron chi connectivity index (χ2n) is 15.7. The van der Waals surface area contributed by atoms with Crippen LogP contribution in [-0.4, -0.2) is 37.2 Å². The maximum atomic E-state index is 12.7. The van der Waals surface area contributed by atoms with Gasteiger partial charge in [0.1, 0.15) is 13.2 Å². The van der Waals surface area contributed by atoms with E-state index >= 15 is 0 Å². The zero-order valence-electron chi connectivity index (χ0n) is 36.0. The molecular formula is C48H88O6. The maximum absolute atomic E-state index is 12.7. The van der Waals surface area contributed by atoms with Crippen molar-refractivity contribution in [3.8, 4) is 0 Å². The normalized spacial score (nSPS) is 12.1. The van der Waals surface area contributed by atoms with Crippen LogP contribution >= 0.6 is 0 Å². The summed E-state index contributed by atoms with van der Waals surface area (Å²) in [6.07, 6.45) is 47.3. The van der Waals surface area contributed by atoms with Gasteiger partial charge in [0, 0.05) is 19.3 Å². The molecule has 1 unspecified atom stereocenters. The quantitative estimate of drug-likeness (QED) is 0.0267. The van der Waals surface area contributed by atoms with Crippen LogP contribution in [0.1, 0.15) is 245 Å². The van der Waals surface area contributed by atoms with Crippen molar-refractivity contribution in [3.63, 3.8) is 0 Å². The van der Waals surface area contributed by atoms with E-state index in [1.54, 1.807) is 0 Å². The third-order valence-electron chi connectivity index (χ3n) is 10.2. The van der Waals surface area contributed by atoms with Crippen molar-refractivity contribution in [2.24, 2.45) is 0 Å². The van der Waals surface area contributed by atoms with Gasteiger partial charge in [-0.2, -0.15) is 0 Å². The summed E-state index contributed by atoms with van der Waals surface area (Å²) in [7, 11) is 0. The number of unbranched alkanes of at least 4 members (excludes halogenated alkanes) is 27. The highest BCUT2D eigenvalue weighted by molar-refractivity contribution is 5.71. The zero-order chi connectivity index (χ0) is 39.4. The van der Waals surface area contributed by atoms with Gasteiger partial charge in [-0.15, -0.1) is 0 Å². The van der Waals surface area contributed by atoms with Crippen LogP contribution < -0.4 is 0 Å². The van der Waals surface area contributed by atoms with Gasteiger partial charge in [0.15, 0.2) is 6.10 Å². The van der Waals surface area contributed by atoms with Crippen LogP contribution in [0.3, 0.4) is 0 Å². The van der Waals surface area contributed by atoms with Crippen molar-refractivity contribution in [1.29, 1.82) is 0 Å². The Bertz CT molecular complexity index is 880. The van der Waals surface area contributed by atoms with E-state index in [1.165, 1.54) is 116 Å². The number of hydrogen-bond donors (Lipinski definition) is 0. The van der Waals surface area contributed by atoms with Crippen molar-refractivity contribution >= 4 is 17.9 Å². The van der Waals surface area contributed by atoms with E-state index < -0.39 is 6.10 Å². The number of ether oxygens (including phenoxy) is 3. The van der Waals surface area contributed by atoms with Gasteiger partial charge in [0.05, 0.1) is 0 Å². The highest BCUT2D eigenvalue weighted by Gasteiger charge is 2.19. The Kier molecular flexibility index (Phi) is 41.9. The first kappa shape index (κ1) is 51.9. The fraction of sp³-hybridized carbons (Fsp3) is 0.854. The SMILES string of the molecule is CCCC/C=C\CCCCCCC(=O)OCC(COC(=O)CCCCC/C=C\CCCCCCCCC)OC(=O)CCCCCCCCCCCCCC. The van der Waals surface area contributed by atoms with E-state index in [4.69, 9.17) is 14.2 Å². The van der Waals surface area contributed by atoms with Crippen LogP contribution in [0.5, 0.6) is 0 Å². The Morgan fingerprint density at radius 2 is 0.630 bits per heavy atom. The van der Waals surface area contributed by atoms with Crippen LogP contribution in [0.25, 0.3) is 0 Å². The summed E-state index contributed by atoms with van der Waals surface area (Å²) in [6, 6.07) is 0. The van der Waals surface area contributed by atoms with E-state index in [0.717, 1.165) is 89.9 Å². The van der Waals surface area contributed by atoms with Gasteiger partial charge in [0.25, 0.3) is 0 Å². The number of carbonyl (C=O) groups is 3.